The van der Waals surface area contributed by atoms with Gasteiger partial charge in [0.05, 0.1) is 44.0 Å². The van der Waals surface area contributed by atoms with E-state index in [1.54, 1.807) is 53.8 Å². The molecule has 154 valence electrons. The fourth-order valence-corrected chi connectivity index (χ4v) is 4.69. The quantitative estimate of drug-likeness (QED) is 0.442. The van der Waals surface area contributed by atoms with Gasteiger partial charge in [0.25, 0.3) is 0 Å². The topological polar surface area (TPSA) is 78.3 Å². The first-order valence-electron chi connectivity index (χ1n) is 9.17. The highest BCUT2D eigenvalue weighted by Gasteiger charge is 2.14. The first kappa shape index (κ1) is 20.1. The Balaban J connectivity index is 1.45. The van der Waals surface area contributed by atoms with E-state index in [9.17, 15) is 4.79 Å². The van der Waals surface area contributed by atoms with Crippen molar-refractivity contribution in [3.63, 3.8) is 0 Å². The van der Waals surface area contributed by atoms with Gasteiger partial charge in [0.1, 0.15) is 10.8 Å². The zero-order chi connectivity index (χ0) is 20.9. The molecule has 7 nitrogen and oxygen atoms in total. The molecule has 9 heteroatoms. The van der Waals surface area contributed by atoms with E-state index >= 15 is 0 Å². The van der Waals surface area contributed by atoms with Gasteiger partial charge in [-0.3, -0.25) is 4.79 Å². The number of hydrogen-bond acceptors (Lipinski definition) is 7. The number of amides is 1. The number of thiophene rings is 1. The Bertz CT molecular complexity index is 1140. The number of carbonyl (C=O) groups excluding carboxylic acids is 1. The van der Waals surface area contributed by atoms with E-state index in [4.69, 9.17) is 9.47 Å². The summed E-state index contributed by atoms with van der Waals surface area (Å²) in [6.45, 7) is 0.433. The van der Waals surface area contributed by atoms with E-state index in [0.717, 1.165) is 21.1 Å². The summed E-state index contributed by atoms with van der Waals surface area (Å²) in [5.41, 5.74) is 1.65. The van der Waals surface area contributed by atoms with E-state index in [1.165, 1.54) is 0 Å². The fourth-order valence-electron chi connectivity index (χ4n) is 3.06. The van der Waals surface area contributed by atoms with Crippen LogP contribution < -0.4 is 14.8 Å². The second-order valence-electron chi connectivity index (χ2n) is 6.37. The maximum atomic E-state index is 12.6. The van der Waals surface area contributed by atoms with Crippen molar-refractivity contribution in [2.24, 2.45) is 0 Å². The van der Waals surface area contributed by atoms with Crippen LogP contribution in [0.25, 0.3) is 9.88 Å². The standard InChI is InChI=1S/C21H20N4O3S2/c1-27-16-6-3-5-14(20(16)28-2)12-25-18(8-9-22-25)24-19(26)11-15-13-30-21(23-15)17-7-4-10-29-17/h3-10,13H,11-12H2,1-2H3,(H,24,26). The van der Waals surface area contributed by atoms with Crippen LogP contribution in [0, 0.1) is 0 Å². The Morgan fingerprint density at radius 2 is 2.03 bits per heavy atom. The molecule has 0 fully saturated rings. The molecule has 4 aromatic rings. The lowest BCUT2D eigenvalue weighted by molar-refractivity contribution is -0.115. The minimum Gasteiger partial charge on any atom is -0.493 e. The number of aromatic nitrogens is 3. The van der Waals surface area contributed by atoms with Crippen molar-refractivity contribution < 1.29 is 14.3 Å². The lowest BCUT2D eigenvalue weighted by Crippen LogP contribution is -2.18. The molecule has 0 atom stereocenters. The molecule has 1 N–H and O–H groups in total. The van der Waals surface area contributed by atoms with Crippen molar-refractivity contribution in [2.75, 3.05) is 19.5 Å². The second kappa shape index (κ2) is 9.10. The van der Waals surface area contributed by atoms with Crippen LogP contribution in [0.1, 0.15) is 11.3 Å². The van der Waals surface area contributed by atoms with Gasteiger partial charge in [0, 0.05) is 17.0 Å². The van der Waals surface area contributed by atoms with Gasteiger partial charge in [-0.25, -0.2) is 9.67 Å². The summed E-state index contributed by atoms with van der Waals surface area (Å²) in [7, 11) is 3.20. The van der Waals surface area contributed by atoms with Crippen LogP contribution in [-0.4, -0.2) is 34.9 Å². The summed E-state index contributed by atoms with van der Waals surface area (Å²) < 4.78 is 12.6. The molecule has 0 radical (unpaired) electrons. The molecule has 1 aromatic carbocycles. The molecular weight excluding hydrogens is 420 g/mol. The van der Waals surface area contributed by atoms with Gasteiger partial charge >= 0.3 is 0 Å². The molecule has 0 aliphatic heterocycles. The minimum absolute atomic E-state index is 0.141. The fraction of sp³-hybridized carbons (Fsp3) is 0.190. The van der Waals surface area contributed by atoms with Gasteiger partial charge in [-0.1, -0.05) is 18.2 Å². The third-order valence-electron chi connectivity index (χ3n) is 4.41. The number of rotatable bonds is 8. The number of thiazole rings is 1. The van der Waals surface area contributed by atoms with Gasteiger partial charge in [-0.05, 0) is 17.5 Å². The van der Waals surface area contributed by atoms with E-state index in [1.807, 2.05) is 41.1 Å². The first-order chi connectivity index (χ1) is 14.7. The number of benzene rings is 1. The number of carbonyl (C=O) groups is 1. The molecule has 3 aromatic heterocycles. The highest BCUT2D eigenvalue weighted by Crippen LogP contribution is 2.31. The zero-order valence-corrected chi connectivity index (χ0v) is 18.1. The van der Waals surface area contributed by atoms with Gasteiger partial charge in [0.2, 0.25) is 5.91 Å². The molecule has 0 saturated heterocycles. The summed E-state index contributed by atoms with van der Waals surface area (Å²) in [6.07, 6.45) is 1.86. The molecule has 0 aliphatic rings. The predicted molar refractivity (Wildman–Crippen MR) is 119 cm³/mol. The second-order valence-corrected chi connectivity index (χ2v) is 8.18. The van der Waals surface area contributed by atoms with Crippen LogP contribution in [0.5, 0.6) is 11.5 Å². The average Bonchev–Trinajstić information content (AvgIpc) is 3.50. The number of nitrogens with zero attached hydrogens (tertiary/aromatic N) is 3. The molecule has 0 bridgehead atoms. The van der Waals surface area contributed by atoms with E-state index in [-0.39, 0.29) is 12.3 Å². The Labute approximate surface area is 181 Å². The summed E-state index contributed by atoms with van der Waals surface area (Å²) in [4.78, 5) is 18.3. The first-order valence-corrected chi connectivity index (χ1v) is 10.9. The molecule has 0 saturated carbocycles. The van der Waals surface area contributed by atoms with Gasteiger partial charge < -0.3 is 14.8 Å². The largest absolute Gasteiger partial charge is 0.493 e. The maximum Gasteiger partial charge on any atom is 0.231 e. The number of anilines is 1. The van der Waals surface area contributed by atoms with Crippen LogP contribution in [0.15, 0.2) is 53.4 Å². The van der Waals surface area contributed by atoms with Gasteiger partial charge in [-0.2, -0.15) is 5.10 Å². The Hall–Kier alpha value is -3.17. The van der Waals surface area contributed by atoms with E-state index in [0.29, 0.717) is 23.9 Å². The van der Waals surface area contributed by atoms with Gasteiger partial charge in [0.15, 0.2) is 11.5 Å². The average molecular weight is 441 g/mol. The number of ether oxygens (including phenoxy) is 2. The maximum absolute atomic E-state index is 12.6. The van der Waals surface area contributed by atoms with Crippen LogP contribution in [-0.2, 0) is 17.8 Å². The number of para-hydroxylation sites is 1. The third kappa shape index (κ3) is 4.37. The summed E-state index contributed by atoms with van der Waals surface area (Å²) in [6, 6.07) is 11.5. The minimum atomic E-state index is -0.141. The highest BCUT2D eigenvalue weighted by molar-refractivity contribution is 7.20. The van der Waals surface area contributed by atoms with Gasteiger partial charge in [-0.15, -0.1) is 22.7 Å². The molecule has 0 spiro atoms. The molecular formula is C21H20N4O3S2. The van der Waals surface area contributed by atoms with Crippen LogP contribution in [0.3, 0.4) is 0 Å². The van der Waals surface area contributed by atoms with E-state index in [2.05, 4.69) is 15.4 Å². The normalized spacial score (nSPS) is 10.7. The third-order valence-corrected chi connectivity index (χ3v) is 6.34. The molecule has 0 unspecified atom stereocenters. The molecule has 3 heterocycles. The summed E-state index contributed by atoms with van der Waals surface area (Å²) in [5.74, 6) is 1.77. The molecule has 4 rings (SSSR count). The Morgan fingerprint density at radius 1 is 1.13 bits per heavy atom. The SMILES string of the molecule is COc1cccc(Cn2nccc2NC(=O)Cc2csc(-c3cccs3)n2)c1OC. The smallest absolute Gasteiger partial charge is 0.231 e. The van der Waals surface area contributed by atoms with E-state index < -0.39 is 0 Å². The molecule has 0 aliphatic carbocycles. The Kier molecular flexibility index (Phi) is 6.10. The molecule has 30 heavy (non-hydrogen) atoms. The van der Waals surface area contributed by atoms with Crippen molar-refractivity contribution in [3.05, 3.63) is 64.6 Å². The number of methoxy groups -OCH3 is 2. The number of hydrogen-bond donors (Lipinski definition) is 1. The van der Waals surface area contributed by atoms with Crippen molar-refractivity contribution in [1.82, 2.24) is 14.8 Å². The van der Waals surface area contributed by atoms with Crippen molar-refractivity contribution in [3.8, 4) is 21.4 Å². The highest BCUT2D eigenvalue weighted by atomic mass is 32.1. The lowest BCUT2D eigenvalue weighted by Gasteiger charge is -2.14. The van der Waals surface area contributed by atoms with Crippen molar-refractivity contribution >= 4 is 34.4 Å². The summed E-state index contributed by atoms with van der Waals surface area (Å²) >= 11 is 3.18. The monoisotopic (exact) mass is 440 g/mol. The Morgan fingerprint density at radius 3 is 2.80 bits per heavy atom. The predicted octanol–water partition coefficient (Wildman–Crippen LogP) is 4.31. The zero-order valence-electron chi connectivity index (χ0n) is 16.5. The van der Waals surface area contributed by atoms with Crippen molar-refractivity contribution in [2.45, 2.75) is 13.0 Å². The van der Waals surface area contributed by atoms with Crippen LogP contribution in [0.4, 0.5) is 5.82 Å². The van der Waals surface area contributed by atoms with Crippen molar-refractivity contribution in [1.29, 1.82) is 0 Å². The lowest BCUT2D eigenvalue weighted by atomic mass is 10.2. The summed E-state index contributed by atoms with van der Waals surface area (Å²) in [5, 5.41) is 12.1. The van der Waals surface area contributed by atoms with Crippen LogP contribution in [0.2, 0.25) is 0 Å². The van der Waals surface area contributed by atoms with Crippen LogP contribution >= 0.6 is 22.7 Å². The number of nitrogens with one attached hydrogen (secondary N) is 1. The molecule has 1 amide bonds.